The van der Waals surface area contributed by atoms with Crippen LogP contribution in [-0.2, 0) is 9.59 Å². The zero-order valence-electron chi connectivity index (χ0n) is 13.5. The predicted octanol–water partition coefficient (Wildman–Crippen LogP) is 3.14. The van der Waals surface area contributed by atoms with Crippen molar-refractivity contribution < 1.29 is 14.0 Å². The van der Waals surface area contributed by atoms with Crippen LogP contribution < -0.4 is 5.32 Å². The van der Waals surface area contributed by atoms with Gasteiger partial charge in [0.15, 0.2) is 5.13 Å². The van der Waals surface area contributed by atoms with Crippen molar-refractivity contribution in [1.82, 2.24) is 9.88 Å². The highest BCUT2D eigenvalue weighted by atomic mass is 32.1. The summed E-state index contributed by atoms with van der Waals surface area (Å²) in [7, 11) is 1.68. The van der Waals surface area contributed by atoms with E-state index < -0.39 is 12.0 Å². The van der Waals surface area contributed by atoms with Gasteiger partial charge in [-0.3, -0.25) is 9.59 Å². The van der Waals surface area contributed by atoms with E-state index in [2.05, 4.69) is 10.3 Å². The minimum absolute atomic E-state index is 0.0153. The second kappa shape index (κ2) is 6.68. The SMILES string of the molecule is Cc1cnc(NC(=O)[C@H]2CCC(=O)N(C)[C@H]2c2ccc(F)cc2)s1. The minimum Gasteiger partial charge on any atom is -0.338 e. The van der Waals surface area contributed by atoms with Crippen molar-refractivity contribution in [2.45, 2.75) is 25.8 Å². The first kappa shape index (κ1) is 16.6. The van der Waals surface area contributed by atoms with Crippen molar-refractivity contribution in [2.75, 3.05) is 12.4 Å². The summed E-state index contributed by atoms with van der Waals surface area (Å²) >= 11 is 1.41. The average Bonchev–Trinajstić information content (AvgIpc) is 2.96. The lowest BCUT2D eigenvalue weighted by atomic mass is 9.84. The number of thiazole rings is 1. The molecule has 0 radical (unpaired) electrons. The van der Waals surface area contributed by atoms with Gasteiger partial charge < -0.3 is 10.2 Å². The van der Waals surface area contributed by atoms with Crippen molar-refractivity contribution in [2.24, 2.45) is 5.92 Å². The van der Waals surface area contributed by atoms with E-state index in [0.717, 1.165) is 10.4 Å². The Morgan fingerprint density at radius 3 is 2.71 bits per heavy atom. The molecular weight excluding hydrogens is 329 g/mol. The Labute approximate surface area is 143 Å². The number of nitrogens with zero attached hydrogens (tertiary/aromatic N) is 2. The molecule has 3 rings (SSSR count). The molecule has 1 aromatic heterocycles. The highest BCUT2D eigenvalue weighted by Crippen LogP contribution is 2.36. The number of rotatable bonds is 3. The molecule has 0 aliphatic carbocycles. The van der Waals surface area contributed by atoms with E-state index in [1.807, 2.05) is 6.92 Å². The van der Waals surface area contributed by atoms with Gasteiger partial charge >= 0.3 is 0 Å². The van der Waals surface area contributed by atoms with Crippen LogP contribution in [0.25, 0.3) is 0 Å². The molecule has 0 spiro atoms. The van der Waals surface area contributed by atoms with Gasteiger partial charge in [0.05, 0.1) is 12.0 Å². The first-order chi connectivity index (χ1) is 11.5. The Morgan fingerprint density at radius 2 is 2.08 bits per heavy atom. The van der Waals surface area contributed by atoms with Gasteiger partial charge in [0.1, 0.15) is 5.82 Å². The fraction of sp³-hybridized carbons (Fsp3) is 0.353. The Hall–Kier alpha value is -2.28. The molecule has 2 aromatic rings. The summed E-state index contributed by atoms with van der Waals surface area (Å²) in [6.45, 7) is 1.92. The van der Waals surface area contributed by atoms with Crippen molar-refractivity contribution in [3.05, 3.63) is 46.7 Å². The molecule has 1 N–H and O–H groups in total. The number of carbonyl (C=O) groups excluding carboxylic acids is 2. The van der Waals surface area contributed by atoms with Crippen LogP contribution >= 0.6 is 11.3 Å². The summed E-state index contributed by atoms with van der Waals surface area (Å²) in [4.78, 5) is 31.5. The number of aromatic nitrogens is 1. The molecule has 0 bridgehead atoms. The van der Waals surface area contributed by atoms with Gasteiger partial charge in [-0.15, -0.1) is 11.3 Å². The number of nitrogens with one attached hydrogen (secondary N) is 1. The zero-order valence-corrected chi connectivity index (χ0v) is 14.3. The lowest BCUT2D eigenvalue weighted by molar-refractivity contribution is -0.140. The number of amides is 2. The van der Waals surface area contributed by atoms with Crippen LogP contribution in [0.3, 0.4) is 0 Å². The van der Waals surface area contributed by atoms with Crippen LogP contribution in [0.5, 0.6) is 0 Å². The third kappa shape index (κ3) is 3.31. The molecule has 1 saturated heterocycles. The van der Waals surface area contributed by atoms with E-state index in [4.69, 9.17) is 0 Å². The molecule has 5 nitrogen and oxygen atoms in total. The topological polar surface area (TPSA) is 62.3 Å². The van der Waals surface area contributed by atoms with Gasteiger partial charge in [-0.25, -0.2) is 9.37 Å². The van der Waals surface area contributed by atoms with Gasteiger partial charge in [-0.1, -0.05) is 12.1 Å². The molecule has 2 atom stereocenters. The smallest absolute Gasteiger partial charge is 0.231 e. The first-order valence-corrected chi connectivity index (χ1v) is 8.52. The second-order valence-corrected chi connectivity index (χ2v) is 7.15. The van der Waals surface area contributed by atoms with Gasteiger partial charge in [-0.05, 0) is 31.0 Å². The van der Waals surface area contributed by atoms with Gasteiger partial charge in [0, 0.05) is 24.5 Å². The molecule has 24 heavy (non-hydrogen) atoms. The molecule has 1 aromatic carbocycles. The summed E-state index contributed by atoms with van der Waals surface area (Å²) in [5, 5.41) is 3.39. The molecule has 2 amide bonds. The van der Waals surface area contributed by atoms with E-state index in [0.29, 0.717) is 18.0 Å². The number of halogens is 1. The Morgan fingerprint density at radius 1 is 1.38 bits per heavy atom. The molecule has 1 aliphatic rings. The molecule has 0 unspecified atom stereocenters. The van der Waals surface area contributed by atoms with E-state index in [-0.39, 0.29) is 17.6 Å². The van der Waals surface area contributed by atoms with Crippen LogP contribution in [0.2, 0.25) is 0 Å². The fourth-order valence-corrected chi connectivity index (χ4v) is 3.71. The third-order valence-electron chi connectivity index (χ3n) is 4.26. The largest absolute Gasteiger partial charge is 0.338 e. The number of likely N-dealkylation sites (tertiary alicyclic amines) is 1. The molecule has 7 heteroatoms. The molecular formula is C17H18FN3O2S. The number of aryl methyl sites for hydroxylation is 1. The van der Waals surface area contributed by atoms with E-state index in [1.54, 1.807) is 30.3 Å². The summed E-state index contributed by atoms with van der Waals surface area (Å²) in [5.74, 6) is -0.929. The number of anilines is 1. The number of carbonyl (C=O) groups is 2. The van der Waals surface area contributed by atoms with Gasteiger partial charge in [0.25, 0.3) is 0 Å². The summed E-state index contributed by atoms with van der Waals surface area (Å²) in [6.07, 6.45) is 2.48. The molecule has 1 fully saturated rings. The van der Waals surface area contributed by atoms with Crippen LogP contribution in [0.1, 0.15) is 29.3 Å². The van der Waals surface area contributed by atoms with Crippen molar-refractivity contribution in [1.29, 1.82) is 0 Å². The van der Waals surface area contributed by atoms with E-state index in [9.17, 15) is 14.0 Å². The minimum atomic E-state index is -0.409. The Kier molecular flexibility index (Phi) is 4.62. The second-order valence-electron chi connectivity index (χ2n) is 5.91. The lowest BCUT2D eigenvalue weighted by Gasteiger charge is -2.38. The molecule has 1 aliphatic heterocycles. The van der Waals surface area contributed by atoms with Gasteiger partial charge in [-0.2, -0.15) is 0 Å². The zero-order chi connectivity index (χ0) is 17.3. The Bertz CT molecular complexity index is 759. The van der Waals surface area contributed by atoms with Crippen molar-refractivity contribution in [3.8, 4) is 0 Å². The maximum atomic E-state index is 13.2. The third-order valence-corrected chi connectivity index (χ3v) is 5.09. The Balaban J connectivity index is 1.86. The molecule has 2 heterocycles. The van der Waals surface area contributed by atoms with Crippen LogP contribution in [0, 0.1) is 18.7 Å². The van der Waals surface area contributed by atoms with E-state index in [1.165, 1.54) is 23.5 Å². The van der Waals surface area contributed by atoms with E-state index >= 15 is 0 Å². The number of hydrogen-bond acceptors (Lipinski definition) is 4. The maximum absolute atomic E-state index is 13.2. The quantitative estimate of drug-likeness (QED) is 0.928. The average molecular weight is 347 g/mol. The predicted molar refractivity (Wildman–Crippen MR) is 90.1 cm³/mol. The summed E-state index contributed by atoms with van der Waals surface area (Å²) in [6, 6.07) is 5.54. The number of piperidine rings is 1. The highest BCUT2D eigenvalue weighted by Gasteiger charge is 2.39. The molecule has 0 saturated carbocycles. The monoisotopic (exact) mass is 347 g/mol. The normalized spacial score (nSPS) is 21.0. The molecule has 126 valence electrons. The maximum Gasteiger partial charge on any atom is 0.231 e. The fourth-order valence-electron chi connectivity index (χ4n) is 3.04. The summed E-state index contributed by atoms with van der Waals surface area (Å²) < 4.78 is 13.2. The first-order valence-electron chi connectivity index (χ1n) is 7.70. The van der Waals surface area contributed by atoms with Crippen LogP contribution in [0.15, 0.2) is 30.5 Å². The standard InChI is InChI=1S/C17H18FN3O2S/c1-10-9-19-17(24-10)20-16(23)13-7-8-14(22)21(2)15(13)11-3-5-12(18)6-4-11/h3-6,9,13,15H,7-8H2,1-2H3,(H,19,20,23)/t13-,15-/m0/s1. The van der Waals surface area contributed by atoms with Crippen molar-refractivity contribution >= 4 is 28.3 Å². The lowest BCUT2D eigenvalue weighted by Crippen LogP contribution is -2.44. The number of benzene rings is 1. The van der Waals surface area contributed by atoms with Crippen LogP contribution in [0.4, 0.5) is 9.52 Å². The summed E-state index contributed by atoms with van der Waals surface area (Å²) in [5.41, 5.74) is 0.752. The van der Waals surface area contributed by atoms with Crippen molar-refractivity contribution in [3.63, 3.8) is 0 Å². The number of hydrogen-bond donors (Lipinski definition) is 1. The highest BCUT2D eigenvalue weighted by molar-refractivity contribution is 7.15. The van der Waals surface area contributed by atoms with Crippen LogP contribution in [-0.4, -0.2) is 28.7 Å². The van der Waals surface area contributed by atoms with Gasteiger partial charge in [0.2, 0.25) is 11.8 Å².